The van der Waals surface area contributed by atoms with Crippen molar-refractivity contribution in [2.24, 2.45) is 5.92 Å². The molecule has 2 aliphatic rings. The van der Waals surface area contributed by atoms with Crippen molar-refractivity contribution in [2.45, 2.75) is 68.4 Å². The molecule has 40 heavy (non-hydrogen) atoms. The Balaban J connectivity index is 1.30. The second-order valence-corrected chi connectivity index (χ2v) is 12.8. The fourth-order valence-electron chi connectivity index (χ4n) is 5.76. The smallest absolute Gasteiger partial charge is 0.410 e. The van der Waals surface area contributed by atoms with E-state index < -0.39 is 11.7 Å². The van der Waals surface area contributed by atoms with Crippen molar-refractivity contribution < 1.29 is 19.1 Å². The second-order valence-electron chi connectivity index (χ2n) is 11.6. The number of carbonyl (C=O) groups excluding carboxylic acids is 2. The molecule has 1 heterocycles. The van der Waals surface area contributed by atoms with Gasteiger partial charge in [-0.2, -0.15) is 0 Å². The molecule has 0 unspecified atom stereocenters. The van der Waals surface area contributed by atoms with E-state index in [1.807, 2.05) is 80.3 Å². The van der Waals surface area contributed by atoms with E-state index in [4.69, 9.17) is 9.47 Å². The Bertz CT molecular complexity index is 1290. The molecular formula is C33H38N2O4S. The summed E-state index contributed by atoms with van der Waals surface area (Å²) in [7, 11) is 0. The van der Waals surface area contributed by atoms with Gasteiger partial charge in [0, 0.05) is 29.3 Å². The van der Waals surface area contributed by atoms with Gasteiger partial charge in [0.15, 0.2) is 0 Å². The van der Waals surface area contributed by atoms with E-state index in [9.17, 15) is 9.59 Å². The maximum atomic E-state index is 13.3. The number of hydrogen-bond donors (Lipinski definition) is 1. The minimum Gasteiger partial charge on any atom is -0.449 e. The van der Waals surface area contributed by atoms with Crippen LogP contribution in [0.5, 0.6) is 0 Å². The fraction of sp³-hybridized carbons (Fsp3) is 0.394. The molecule has 1 N–H and O–H groups in total. The minimum absolute atomic E-state index is 0.00621. The van der Waals surface area contributed by atoms with Gasteiger partial charge in [0.2, 0.25) is 0 Å². The van der Waals surface area contributed by atoms with Crippen LogP contribution >= 0.6 is 11.8 Å². The van der Waals surface area contributed by atoms with Crippen LogP contribution in [0.1, 0.15) is 57.6 Å². The van der Waals surface area contributed by atoms with Gasteiger partial charge < -0.3 is 19.7 Å². The lowest BCUT2D eigenvalue weighted by molar-refractivity contribution is 0.0179. The summed E-state index contributed by atoms with van der Waals surface area (Å²) in [6.07, 6.45) is 1.01. The van der Waals surface area contributed by atoms with Crippen LogP contribution in [0.25, 0.3) is 11.1 Å². The molecule has 3 aromatic rings. The first-order valence-corrected chi connectivity index (χ1v) is 14.9. The highest BCUT2D eigenvalue weighted by atomic mass is 32.2. The number of benzene rings is 3. The molecule has 0 bridgehead atoms. The van der Waals surface area contributed by atoms with Crippen molar-refractivity contribution >= 4 is 23.9 Å². The molecule has 1 aliphatic heterocycles. The first kappa shape index (κ1) is 28.1. The normalized spacial score (nSPS) is 18.0. The monoisotopic (exact) mass is 558 g/mol. The molecule has 210 valence electrons. The van der Waals surface area contributed by atoms with Crippen LogP contribution in [0, 0.1) is 5.92 Å². The molecule has 3 atom stereocenters. The summed E-state index contributed by atoms with van der Waals surface area (Å²) in [5.74, 6) is -0.0472. The number of nitrogens with zero attached hydrogens (tertiary/aromatic N) is 1. The van der Waals surface area contributed by atoms with Gasteiger partial charge in [0.25, 0.3) is 0 Å². The number of amides is 2. The Morgan fingerprint density at radius 3 is 2.17 bits per heavy atom. The number of carbonyl (C=O) groups is 2. The van der Waals surface area contributed by atoms with Gasteiger partial charge in [-0.1, -0.05) is 73.7 Å². The standard InChI is InChI=1S/C33H38N2O4S/c1-22(29-19-12-20-35(29)32(37)39-33(2,3)4)30(40-23-13-6-5-7-14-23)34-31(36)38-21-28-26-17-10-8-15-24(26)25-16-9-11-18-27(25)28/h5-11,13-18,22,28-30H,12,19-21H2,1-4H3,(H,34,36)/t22-,29-,30+/m0/s1. The largest absolute Gasteiger partial charge is 0.449 e. The Labute approximate surface area is 241 Å². The first-order valence-electron chi connectivity index (χ1n) is 14.0. The molecule has 0 saturated carbocycles. The molecule has 0 radical (unpaired) electrons. The minimum atomic E-state index is -0.564. The van der Waals surface area contributed by atoms with Crippen molar-refractivity contribution in [3.05, 3.63) is 90.0 Å². The van der Waals surface area contributed by atoms with E-state index in [0.717, 1.165) is 17.7 Å². The summed E-state index contributed by atoms with van der Waals surface area (Å²) >= 11 is 1.58. The van der Waals surface area contributed by atoms with Crippen LogP contribution in [0.2, 0.25) is 0 Å². The highest BCUT2D eigenvalue weighted by molar-refractivity contribution is 8.00. The summed E-state index contributed by atoms with van der Waals surface area (Å²) < 4.78 is 11.6. The van der Waals surface area contributed by atoms with Crippen molar-refractivity contribution in [1.29, 1.82) is 0 Å². The quantitative estimate of drug-likeness (QED) is 0.238. The zero-order chi connectivity index (χ0) is 28.3. The van der Waals surface area contributed by atoms with Gasteiger partial charge in [0.1, 0.15) is 12.2 Å². The maximum Gasteiger partial charge on any atom is 0.410 e. The Morgan fingerprint density at radius 2 is 1.55 bits per heavy atom. The van der Waals surface area contributed by atoms with Crippen LogP contribution in [0.3, 0.4) is 0 Å². The predicted molar refractivity (Wildman–Crippen MR) is 159 cm³/mol. The van der Waals surface area contributed by atoms with Crippen LogP contribution in [-0.2, 0) is 9.47 Å². The van der Waals surface area contributed by atoms with Crippen molar-refractivity contribution in [2.75, 3.05) is 13.2 Å². The Kier molecular flexibility index (Phi) is 8.40. The molecule has 1 fully saturated rings. The van der Waals surface area contributed by atoms with Gasteiger partial charge in [-0.15, -0.1) is 11.8 Å². The van der Waals surface area contributed by atoms with E-state index in [1.54, 1.807) is 11.8 Å². The third-order valence-electron chi connectivity index (χ3n) is 7.62. The second kappa shape index (κ2) is 12.0. The molecule has 0 aromatic heterocycles. The number of hydrogen-bond acceptors (Lipinski definition) is 5. The van der Waals surface area contributed by atoms with Crippen molar-refractivity contribution in [3.8, 4) is 11.1 Å². The Hall–Kier alpha value is -3.45. The number of likely N-dealkylation sites (tertiary alicyclic amines) is 1. The molecule has 2 amide bonds. The summed E-state index contributed by atoms with van der Waals surface area (Å²) in [5.41, 5.74) is 4.19. The highest BCUT2D eigenvalue weighted by Gasteiger charge is 2.39. The van der Waals surface area contributed by atoms with E-state index >= 15 is 0 Å². The zero-order valence-corrected chi connectivity index (χ0v) is 24.4. The lowest BCUT2D eigenvalue weighted by atomic mass is 9.98. The number of thioether (sulfide) groups is 1. The average Bonchev–Trinajstić information content (AvgIpc) is 3.54. The summed E-state index contributed by atoms with van der Waals surface area (Å²) in [4.78, 5) is 29.2. The third-order valence-corrected chi connectivity index (χ3v) is 8.97. The van der Waals surface area contributed by atoms with Crippen molar-refractivity contribution in [3.63, 3.8) is 0 Å². The number of alkyl carbamates (subject to hydrolysis) is 1. The van der Waals surface area contributed by atoms with E-state index in [0.29, 0.717) is 6.54 Å². The number of nitrogens with one attached hydrogen (secondary N) is 1. The molecule has 6 nitrogen and oxygen atoms in total. The number of rotatable bonds is 7. The molecular weight excluding hydrogens is 520 g/mol. The van der Waals surface area contributed by atoms with Gasteiger partial charge in [-0.05, 0) is 68.0 Å². The van der Waals surface area contributed by atoms with Gasteiger partial charge in [-0.3, -0.25) is 0 Å². The fourth-order valence-corrected chi connectivity index (χ4v) is 6.92. The van der Waals surface area contributed by atoms with E-state index in [2.05, 4.69) is 36.5 Å². The van der Waals surface area contributed by atoms with Crippen LogP contribution in [-0.4, -0.2) is 47.3 Å². The lowest BCUT2D eigenvalue weighted by Gasteiger charge is -2.35. The zero-order valence-electron chi connectivity index (χ0n) is 23.6. The van der Waals surface area contributed by atoms with Gasteiger partial charge >= 0.3 is 12.2 Å². The first-order chi connectivity index (χ1) is 19.2. The molecule has 0 spiro atoms. The predicted octanol–water partition coefficient (Wildman–Crippen LogP) is 7.68. The highest BCUT2D eigenvalue weighted by Crippen LogP contribution is 2.44. The third kappa shape index (κ3) is 6.30. The van der Waals surface area contributed by atoms with E-state index in [-0.39, 0.29) is 36.0 Å². The van der Waals surface area contributed by atoms with Crippen LogP contribution in [0.15, 0.2) is 83.8 Å². The molecule has 1 aliphatic carbocycles. The molecule has 5 rings (SSSR count). The average molecular weight is 559 g/mol. The van der Waals surface area contributed by atoms with Gasteiger partial charge in [0.05, 0.1) is 5.37 Å². The summed E-state index contributed by atoms with van der Waals surface area (Å²) in [5, 5.41) is 2.84. The van der Waals surface area contributed by atoms with Gasteiger partial charge in [-0.25, -0.2) is 9.59 Å². The lowest BCUT2D eigenvalue weighted by Crippen LogP contribution is -2.48. The molecule has 1 saturated heterocycles. The summed E-state index contributed by atoms with van der Waals surface area (Å²) in [6.45, 7) is 8.64. The van der Waals surface area contributed by atoms with Crippen molar-refractivity contribution in [1.82, 2.24) is 10.2 Å². The Morgan fingerprint density at radius 1 is 0.950 bits per heavy atom. The summed E-state index contributed by atoms with van der Waals surface area (Å²) in [6, 6.07) is 26.6. The van der Waals surface area contributed by atoms with E-state index in [1.165, 1.54) is 22.3 Å². The number of ether oxygens (including phenoxy) is 2. The van der Waals surface area contributed by atoms with Crippen LogP contribution < -0.4 is 5.32 Å². The molecule has 7 heteroatoms. The SMILES string of the molecule is C[C@H]([C@H](NC(=O)OCC1c2ccccc2-c2ccccc21)Sc1ccccc1)[C@@H]1CCCN1C(=O)OC(C)(C)C. The van der Waals surface area contributed by atoms with Crippen LogP contribution in [0.4, 0.5) is 9.59 Å². The molecule has 3 aromatic carbocycles. The maximum absolute atomic E-state index is 13.3. The number of fused-ring (bicyclic) bond motifs is 3. The topological polar surface area (TPSA) is 67.9 Å².